The largest absolute Gasteiger partial charge is 0.382 e. The summed E-state index contributed by atoms with van der Waals surface area (Å²) in [6.45, 7) is 1.09. The molecule has 0 bridgehead atoms. The molecule has 2 aromatic carbocycles. The van der Waals surface area contributed by atoms with Crippen LogP contribution in [0.2, 0.25) is 5.02 Å². The number of oxime groups is 1. The van der Waals surface area contributed by atoms with Crippen molar-refractivity contribution in [2.45, 2.75) is 17.4 Å². The van der Waals surface area contributed by atoms with Gasteiger partial charge >= 0.3 is 0 Å². The second kappa shape index (κ2) is 8.14. The summed E-state index contributed by atoms with van der Waals surface area (Å²) in [5.41, 5.74) is 1.68. The first kappa shape index (κ1) is 19.9. The van der Waals surface area contributed by atoms with Crippen LogP contribution >= 0.6 is 11.6 Å². The van der Waals surface area contributed by atoms with E-state index in [-0.39, 0.29) is 23.9 Å². The zero-order valence-corrected chi connectivity index (χ0v) is 17.1. The van der Waals surface area contributed by atoms with E-state index in [2.05, 4.69) is 5.16 Å². The molecule has 2 aliphatic rings. The van der Waals surface area contributed by atoms with E-state index in [1.54, 1.807) is 17.0 Å². The molecule has 0 N–H and O–H groups in total. The van der Waals surface area contributed by atoms with E-state index in [1.807, 2.05) is 30.3 Å². The minimum absolute atomic E-state index is 0.164. The first-order valence-corrected chi connectivity index (χ1v) is 11.1. The number of hydrogen-bond acceptors (Lipinski definition) is 5. The fourth-order valence-electron chi connectivity index (χ4n) is 3.42. The Kier molecular flexibility index (Phi) is 5.58. The lowest BCUT2D eigenvalue weighted by Crippen LogP contribution is -2.52. The number of carbonyl (C=O) groups excluding carboxylic acids is 1. The van der Waals surface area contributed by atoms with Crippen LogP contribution in [-0.2, 0) is 19.7 Å². The van der Waals surface area contributed by atoms with Gasteiger partial charge in [0.2, 0.25) is 16.1 Å². The second-order valence-corrected chi connectivity index (χ2v) is 9.26. The predicted octanol–water partition coefficient (Wildman–Crippen LogP) is 2.37. The normalized spacial score (nSPS) is 20.2. The summed E-state index contributed by atoms with van der Waals surface area (Å²) in [6, 6.07) is 15.7. The summed E-state index contributed by atoms with van der Waals surface area (Å²) >= 11 is 5.84. The Hall–Kier alpha value is -2.42. The fourth-order valence-corrected chi connectivity index (χ4v) is 4.97. The van der Waals surface area contributed by atoms with Crippen molar-refractivity contribution in [3.05, 3.63) is 65.2 Å². The third-order valence-electron chi connectivity index (χ3n) is 5.05. The van der Waals surface area contributed by atoms with E-state index in [0.29, 0.717) is 24.5 Å². The monoisotopic (exact) mass is 433 g/mol. The summed E-state index contributed by atoms with van der Waals surface area (Å²) < 4.78 is 26.9. The Bertz CT molecular complexity index is 1020. The van der Waals surface area contributed by atoms with Crippen molar-refractivity contribution < 1.29 is 18.0 Å². The van der Waals surface area contributed by atoms with Gasteiger partial charge < -0.3 is 9.74 Å². The molecule has 2 aliphatic heterocycles. The van der Waals surface area contributed by atoms with E-state index < -0.39 is 16.1 Å². The molecule has 1 saturated heterocycles. The van der Waals surface area contributed by atoms with Gasteiger partial charge in [0.05, 0.1) is 10.6 Å². The Morgan fingerprint density at radius 2 is 1.66 bits per heavy atom. The van der Waals surface area contributed by atoms with Gasteiger partial charge in [-0.05, 0) is 29.8 Å². The van der Waals surface area contributed by atoms with Gasteiger partial charge in [-0.1, -0.05) is 47.1 Å². The van der Waals surface area contributed by atoms with Crippen molar-refractivity contribution in [3.8, 4) is 0 Å². The number of halogens is 1. The Morgan fingerprint density at radius 1 is 1.00 bits per heavy atom. The summed E-state index contributed by atoms with van der Waals surface area (Å²) in [4.78, 5) is 20.0. The van der Waals surface area contributed by atoms with E-state index in [4.69, 9.17) is 16.4 Å². The number of nitrogens with zero attached hydrogens (tertiary/aromatic N) is 3. The zero-order valence-electron chi connectivity index (χ0n) is 15.6. The lowest BCUT2D eigenvalue weighted by Gasteiger charge is -2.34. The van der Waals surface area contributed by atoms with Gasteiger partial charge in [-0.3, -0.25) is 4.79 Å². The molecular formula is C20H20ClN3O4S. The zero-order chi connectivity index (χ0) is 20.4. The van der Waals surface area contributed by atoms with Gasteiger partial charge in [0.15, 0.2) is 0 Å². The molecule has 0 aliphatic carbocycles. The maximum absolute atomic E-state index is 12.8. The molecule has 1 fully saturated rings. The van der Waals surface area contributed by atoms with Crippen LogP contribution in [0, 0.1) is 0 Å². The van der Waals surface area contributed by atoms with Crippen LogP contribution in [-0.4, -0.2) is 61.5 Å². The minimum atomic E-state index is -3.61. The van der Waals surface area contributed by atoms with Crippen molar-refractivity contribution >= 4 is 33.2 Å². The standard InChI is InChI=1S/C20H20ClN3O4S/c21-16-6-8-17(9-7-16)29(26,27)24-12-10-23(11-13-24)20(25)19-14-18(22-28-19)15-4-2-1-3-5-15/h1-9,19H,10-14H2. The predicted molar refractivity (Wildman–Crippen MR) is 109 cm³/mol. The summed E-state index contributed by atoms with van der Waals surface area (Å²) in [6.07, 6.45) is -0.254. The minimum Gasteiger partial charge on any atom is -0.382 e. The third kappa shape index (κ3) is 4.14. The SMILES string of the molecule is O=C(C1CC(c2ccccc2)=NO1)N1CCN(S(=O)(=O)c2ccc(Cl)cc2)CC1. The number of amides is 1. The molecule has 0 radical (unpaired) electrons. The molecule has 1 amide bonds. The molecule has 2 heterocycles. The van der Waals surface area contributed by atoms with Crippen LogP contribution in [0.1, 0.15) is 12.0 Å². The topological polar surface area (TPSA) is 79.3 Å². The fraction of sp³-hybridized carbons (Fsp3) is 0.300. The number of benzene rings is 2. The van der Waals surface area contributed by atoms with Crippen molar-refractivity contribution in [1.82, 2.24) is 9.21 Å². The molecule has 0 saturated carbocycles. The Morgan fingerprint density at radius 3 is 2.31 bits per heavy atom. The van der Waals surface area contributed by atoms with E-state index >= 15 is 0 Å². The highest BCUT2D eigenvalue weighted by molar-refractivity contribution is 7.89. The van der Waals surface area contributed by atoms with Gasteiger partial charge in [-0.15, -0.1) is 0 Å². The lowest BCUT2D eigenvalue weighted by molar-refractivity contribution is -0.143. The molecule has 4 rings (SSSR count). The number of rotatable bonds is 4. The maximum atomic E-state index is 12.8. The smallest absolute Gasteiger partial charge is 0.266 e. The van der Waals surface area contributed by atoms with Gasteiger partial charge in [0.1, 0.15) is 0 Å². The third-order valence-corrected chi connectivity index (χ3v) is 7.22. The van der Waals surface area contributed by atoms with Crippen LogP contribution in [0.4, 0.5) is 0 Å². The highest BCUT2D eigenvalue weighted by Gasteiger charge is 2.36. The van der Waals surface area contributed by atoms with Crippen LogP contribution < -0.4 is 0 Å². The van der Waals surface area contributed by atoms with E-state index in [1.165, 1.54) is 16.4 Å². The van der Waals surface area contributed by atoms with Crippen molar-refractivity contribution in [1.29, 1.82) is 0 Å². The average Bonchev–Trinajstić information content (AvgIpc) is 3.24. The van der Waals surface area contributed by atoms with Gasteiger partial charge in [-0.2, -0.15) is 4.31 Å². The maximum Gasteiger partial charge on any atom is 0.266 e. The molecule has 1 unspecified atom stereocenters. The Labute approximate surface area is 174 Å². The first-order chi connectivity index (χ1) is 13.9. The molecule has 7 nitrogen and oxygen atoms in total. The van der Waals surface area contributed by atoms with E-state index in [9.17, 15) is 13.2 Å². The van der Waals surface area contributed by atoms with Crippen LogP contribution in [0.25, 0.3) is 0 Å². The summed E-state index contributed by atoms with van der Waals surface area (Å²) in [7, 11) is -3.61. The number of carbonyl (C=O) groups is 1. The van der Waals surface area contributed by atoms with Crippen LogP contribution in [0.15, 0.2) is 64.6 Å². The molecule has 2 aromatic rings. The average molecular weight is 434 g/mol. The molecular weight excluding hydrogens is 414 g/mol. The molecule has 152 valence electrons. The second-order valence-electron chi connectivity index (χ2n) is 6.89. The number of piperazine rings is 1. The lowest BCUT2D eigenvalue weighted by atomic mass is 10.0. The number of sulfonamides is 1. The van der Waals surface area contributed by atoms with Crippen LogP contribution in [0.3, 0.4) is 0 Å². The summed E-state index contributed by atoms with van der Waals surface area (Å²) in [5.74, 6) is -0.164. The van der Waals surface area contributed by atoms with Crippen LogP contribution in [0.5, 0.6) is 0 Å². The van der Waals surface area contributed by atoms with Gasteiger partial charge in [0, 0.05) is 37.6 Å². The quantitative estimate of drug-likeness (QED) is 0.741. The molecule has 9 heteroatoms. The molecule has 0 spiro atoms. The van der Waals surface area contributed by atoms with Crippen molar-refractivity contribution in [3.63, 3.8) is 0 Å². The molecule has 0 aromatic heterocycles. The van der Waals surface area contributed by atoms with E-state index in [0.717, 1.165) is 11.3 Å². The highest BCUT2D eigenvalue weighted by atomic mass is 35.5. The first-order valence-electron chi connectivity index (χ1n) is 9.28. The number of hydrogen-bond donors (Lipinski definition) is 0. The van der Waals surface area contributed by atoms with Gasteiger partial charge in [-0.25, -0.2) is 8.42 Å². The molecule has 29 heavy (non-hydrogen) atoms. The summed E-state index contributed by atoms with van der Waals surface area (Å²) in [5, 5.41) is 4.54. The van der Waals surface area contributed by atoms with Gasteiger partial charge in [0.25, 0.3) is 5.91 Å². The highest BCUT2D eigenvalue weighted by Crippen LogP contribution is 2.22. The van der Waals surface area contributed by atoms with Crippen molar-refractivity contribution in [2.24, 2.45) is 5.16 Å². The Balaban J connectivity index is 1.35. The van der Waals surface area contributed by atoms with Crippen molar-refractivity contribution in [2.75, 3.05) is 26.2 Å². The molecule has 1 atom stereocenters.